The molecule has 58 valence electrons. The van der Waals surface area contributed by atoms with Crippen LogP contribution in [0.4, 0.5) is 0 Å². The van der Waals surface area contributed by atoms with Crippen molar-refractivity contribution in [2.24, 2.45) is 0 Å². The average molecular weight is 142 g/mol. The molecule has 0 aromatic carbocycles. The van der Waals surface area contributed by atoms with E-state index >= 15 is 0 Å². The lowest BCUT2D eigenvalue weighted by atomic mass is 9.84. The van der Waals surface area contributed by atoms with Gasteiger partial charge in [-0.25, -0.2) is 0 Å². The summed E-state index contributed by atoms with van der Waals surface area (Å²) >= 11 is 0. The molecule has 10 heavy (non-hydrogen) atoms. The largest absolute Gasteiger partial charge is 0.390 e. The highest BCUT2D eigenvalue weighted by atomic mass is 16.3. The Morgan fingerprint density at radius 2 is 2.30 bits per heavy atom. The SMILES string of the molecule is CC1=CC[C@H](O)[C@](C)(O)C1. The molecule has 2 heteroatoms. The molecule has 0 saturated carbocycles. The molecule has 0 aliphatic heterocycles. The van der Waals surface area contributed by atoms with Crippen LogP contribution in [0.1, 0.15) is 26.7 Å². The van der Waals surface area contributed by atoms with Crippen LogP contribution in [0.25, 0.3) is 0 Å². The zero-order valence-electron chi connectivity index (χ0n) is 6.46. The molecule has 0 heterocycles. The highest BCUT2D eigenvalue weighted by Gasteiger charge is 2.32. The molecule has 0 amide bonds. The van der Waals surface area contributed by atoms with Crippen LogP contribution in [-0.2, 0) is 0 Å². The summed E-state index contributed by atoms with van der Waals surface area (Å²) in [4.78, 5) is 0. The van der Waals surface area contributed by atoms with Crippen molar-refractivity contribution in [3.8, 4) is 0 Å². The maximum Gasteiger partial charge on any atom is 0.0917 e. The fraction of sp³-hybridized carbons (Fsp3) is 0.750. The summed E-state index contributed by atoms with van der Waals surface area (Å²) in [6, 6.07) is 0. The van der Waals surface area contributed by atoms with Gasteiger partial charge in [-0.2, -0.15) is 0 Å². The van der Waals surface area contributed by atoms with Crippen molar-refractivity contribution in [1.29, 1.82) is 0 Å². The molecule has 2 N–H and O–H groups in total. The number of aliphatic hydroxyl groups is 2. The first-order valence-corrected chi connectivity index (χ1v) is 3.58. The monoisotopic (exact) mass is 142 g/mol. The van der Waals surface area contributed by atoms with Crippen LogP contribution < -0.4 is 0 Å². The van der Waals surface area contributed by atoms with E-state index in [1.807, 2.05) is 13.0 Å². The molecule has 0 bridgehead atoms. The van der Waals surface area contributed by atoms with Gasteiger partial charge in [0.25, 0.3) is 0 Å². The molecule has 0 unspecified atom stereocenters. The fourth-order valence-electron chi connectivity index (χ4n) is 1.32. The number of aliphatic hydroxyl groups excluding tert-OH is 1. The Labute approximate surface area is 61.2 Å². The van der Waals surface area contributed by atoms with E-state index in [0.717, 1.165) is 5.57 Å². The molecular weight excluding hydrogens is 128 g/mol. The minimum atomic E-state index is -0.904. The highest BCUT2D eigenvalue weighted by Crippen LogP contribution is 2.27. The van der Waals surface area contributed by atoms with Gasteiger partial charge in [-0.3, -0.25) is 0 Å². The van der Waals surface area contributed by atoms with Gasteiger partial charge in [-0.1, -0.05) is 11.6 Å². The van der Waals surface area contributed by atoms with Crippen molar-refractivity contribution in [3.05, 3.63) is 11.6 Å². The molecule has 0 saturated heterocycles. The van der Waals surface area contributed by atoms with Crippen molar-refractivity contribution in [3.63, 3.8) is 0 Å². The first-order chi connectivity index (χ1) is 4.52. The quantitative estimate of drug-likeness (QED) is 0.492. The number of hydrogen-bond donors (Lipinski definition) is 2. The Balaban J connectivity index is 2.72. The van der Waals surface area contributed by atoms with Crippen molar-refractivity contribution < 1.29 is 10.2 Å². The maximum atomic E-state index is 9.52. The third-order valence-corrected chi connectivity index (χ3v) is 2.04. The third kappa shape index (κ3) is 1.39. The van der Waals surface area contributed by atoms with E-state index in [-0.39, 0.29) is 0 Å². The van der Waals surface area contributed by atoms with Gasteiger partial charge in [0.1, 0.15) is 0 Å². The summed E-state index contributed by atoms with van der Waals surface area (Å²) in [5.74, 6) is 0. The molecule has 2 atom stereocenters. The van der Waals surface area contributed by atoms with Gasteiger partial charge in [0.15, 0.2) is 0 Å². The van der Waals surface area contributed by atoms with Crippen molar-refractivity contribution in [1.82, 2.24) is 0 Å². The topological polar surface area (TPSA) is 40.5 Å². The predicted octanol–water partition coefficient (Wildman–Crippen LogP) is 0.838. The number of rotatable bonds is 0. The number of hydrogen-bond acceptors (Lipinski definition) is 2. The van der Waals surface area contributed by atoms with Crippen LogP contribution in [0.2, 0.25) is 0 Å². The summed E-state index contributed by atoms with van der Waals surface area (Å²) in [7, 11) is 0. The van der Waals surface area contributed by atoms with Gasteiger partial charge >= 0.3 is 0 Å². The van der Waals surface area contributed by atoms with Gasteiger partial charge < -0.3 is 10.2 Å². The Hall–Kier alpha value is -0.340. The minimum absolute atomic E-state index is 0.582. The predicted molar refractivity (Wildman–Crippen MR) is 39.6 cm³/mol. The summed E-state index contributed by atoms with van der Waals surface area (Å²) < 4.78 is 0. The first-order valence-electron chi connectivity index (χ1n) is 3.58. The first kappa shape index (κ1) is 7.76. The van der Waals surface area contributed by atoms with Gasteiger partial charge in [0, 0.05) is 0 Å². The molecule has 1 aliphatic carbocycles. The van der Waals surface area contributed by atoms with E-state index in [4.69, 9.17) is 0 Å². The van der Waals surface area contributed by atoms with Crippen molar-refractivity contribution in [2.45, 2.75) is 38.4 Å². The third-order valence-electron chi connectivity index (χ3n) is 2.04. The Morgan fingerprint density at radius 1 is 1.70 bits per heavy atom. The summed E-state index contributed by atoms with van der Waals surface area (Å²) in [5.41, 5.74) is 0.258. The second kappa shape index (κ2) is 2.36. The van der Waals surface area contributed by atoms with E-state index < -0.39 is 11.7 Å². The molecule has 1 aliphatic rings. The van der Waals surface area contributed by atoms with Gasteiger partial charge in [-0.15, -0.1) is 0 Å². The van der Waals surface area contributed by atoms with Crippen LogP contribution in [0.3, 0.4) is 0 Å². The maximum absolute atomic E-state index is 9.52. The van der Waals surface area contributed by atoms with Crippen LogP contribution in [-0.4, -0.2) is 21.9 Å². The molecule has 1 rings (SSSR count). The second-order valence-corrected chi connectivity index (χ2v) is 3.34. The normalized spacial score (nSPS) is 41.2. The summed E-state index contributed by atoms with van der Waals surface area (Å²) in [5, 5.41) is 18.8. The molecule has 0 aromatic heterocycles. The summed E-state index contributed by atoms with van der Waals surface area (Å²) in [6.45, 7) is 3.65. The fourth-order valence-corrected chi connectivity index (χ4v) is 1.32. The van der Waals surface area contributed by atoms with Crippen LogP contribution in [0.5, 0.6) is 0 Å². The molecule has 2 nitrogen and oxygen atoms in total. The lowest BCUT2D eigenvalue weighted by Gasteiger charge is -2.32. The standard InChI is InChI=1S/C8H14O2/c1-6-3-4-7(9)8(2,10)5-6/h3,7,9-10H,4-5H2,1-2H3/t7-,8+/m0/s1. The van der Waals surface area contributed by atoms with Gasteiger partial charge in [-0.05, 0) is 26.7 Å². The second-order valence-electron chi connectivity index (χ2n) is 3.34. The smallest absolute Gasteiger partial charge is 0.0917 e. The molecule has 0 aromatic rings. The van der Waals surface area contributed by atoms with E-state index in [0.29, 0.717) is 12.8 Å². The van der Waals surface area contributed by atoms with E-state index in [2.05, 4.69) is 0 Å². The van der Waals surface area contributed by atoms with Crippen LogP contribution >= 0.6 is 0 Å². The van der Waals surface area contributed by atoms with E-state index in [1.54, 1.807) is 6.92 Å². The lowest BCUT2D eigenvalue weighted by molar-refractivity contribution is -0.0637. The zero-order chi connectivity index (χ0) is 7.78. The Morgan fingerprint density at radius 3 is 2.70 bits per heavy atom. The molecule has 0 radical (unpaired) electrons. The lowest BCUT2D eigenvalue weighted by Crippen LogP contribution is -2.41. The summed E-state index contributed by atoms with van der Waals surface area (Å²) in [6.07, 6.45) is 2.56. The highest BCUT2D eigenvalue weighted by molar-refractivity contribution is 5.10. The average Bonchev–Trinajstić information content (AvgIpc) is 1.78. The van der Waals surface area contributed by atoms with Crippen LogP contribution in [0.15, 0.2) is 11.6 Å². The molecule has 0 spiro atoms. The van der Waals surface area contributed by atoms with Crippen molar-refractivity contribution >= 4 is 0 Å². The zero-order valence-corrected chi connectivity index (χ0v) is 6.46. The van der Waals surface area contributed by atoms with Crippen molar-refractivity contribution in [2.75, 3.05) is 0 Å². The minimum Gasteiger partial charge on any atom is -0.390 e. The van der Waals surface area contributed by atoms with Gasteiger partial charge in [0.2, 0.25) is 0 Å². The van der Waals surface area contributed by atoms with Crippen LogP contribution in [0, 0.1) is 0 Å². The van der Waals surface area contributed by atoms with E-state index in [9.17, 15) is 10.2 Å². The Kier molecular flexibility index (Phi) is 1.84. The van der Waals surface area contributed by atoms with Gasteiger partial charge in [0.05, 0.1) is 11.7 Å². The van der Waals surface area contributed by atoms with E-state index in [1.165, 1.54) is 0 Å². The Bertz CT molecular complexity index is 159. The molecule has 0 fully saturated rings. The molecular formula is C8H14O2.